The van der Waals surface area contributed by atoms with Crippen molar-refractivity contribution >= 4 is 23.2 Å². The monoisotopic (exact) mass is 361 g/mol. The number of amides is 2. The molecule has 0 unspecified atom stereocenters. The van der Waals surface area contributed by atoms with Gasteiger partial charge in [-0.3, -0.25) is 14.6 Å². The van der Waals surface area contributed by atoms with Crippen molar-refractivity contribution in [3.05, 3.63) is 84.2 Å². The Balaban J connectivity index is 1.80. The van der Waals surface area contributed by atoms with E-state index in [9.17, 15) is 9.59 Å². The Morgan fingerprint density at radius 1 is 1.00 bits per heavy atom. The number of aromatic nitrogens is 1. The van der Waals surface area contributed by atoms with E-state index in [1.165, 1.54) is 24.3 Å². The number of methoxy groups -OCH3 is 1. The number of nitrogens with zero attached hydrogens (tertiary/aromatic N) is 2. The van der Waals surface area contributed by atoms with Crippen LogP contribution in [0, 0.1) is 0 Å². The zero-order chi connectivity index (χ0) is 19.2. The molecule has 27 heavy (non-hydrogen) atoms. The Morgan fingerprint density at radius 2 is 1.70 bits per heavy atom. The van der Waals surface area contributed by atoms with Gasteiger partial charge in [0.1, 0.15) is 11.4 Å². The second-order valence-electron chi connectivity index (χ2n) is 5.78. The van der Waals surface area contributed by atoms with Gasteiger partial charge in [-0.15, -0.1) is 0 Å². The molecule has 0 bridgehead atoms. The van der Waals surface area contributed by atoms with Gasteiger partial charge in [-0.05, 0) is 36.4 Å². The van der Waals surface area contributed by atoms with Crippen molar-refractivity contribution in [2.24, 2.45) is 0 Å². The highest BCUT2D eigenvalue weighted by Gasteiger charge is 2.17. The minimum atomic E-state index is -0.420. The molecule has 0 radical (unpaired) electrons. The van der Waals surface area contributed by atoms with Crippen molar-refractivity contribution in [2.75, 3.05) is 24.4 Å². The number of ether oxygens (including phenoxy) is 1. The van der Waals surface area contributed by atoms with Gasteiger partial charge in [0, 0.05) is 24.5 Å². The first-order valence-corrected chi connectivity index (χ1v) is 8.33. The Labute approximate surface area is 157 Å². The van der Waals surface area contributed by atoms with Crippen LogP contribution in [0.5, 0.6) is 5.75 Å². The Kier molecular flexibility index (Phi) is 5.47. The van der Waals surface area contributed by atoms with E-state index < -0.39 is 5.91 Å². The molecule has 1 aromatic heterocycles. The predicted octanol–water partition coefficient (Wildman–Crippen LogP) is 3.62. The van der Waals surface area contributed by atoms with Gasteiger partial charge in [-0.2, -0.15) is 0 Å². The van der Waals surface area contributed by atoms with Crippen molar-refractivity contribution in [2.45, 2.75) is 0 Å². The van der Waals surface area contributed by atoms with E-state index in [2.05, 4.69) is 10.3 Å². The van der Waals surface area contributed by atoms with Crippen LogP contribution in [0.4, 0.5) is 11.4 Å². The lowest BCUT2D eigenvalue weighted by Gasteiger charge is -2.17. The molecule has 0 saturated carbocycles. The molecule has 6 heteroatoms. The molecule has 1 heterocycles. The van der Waals surface area contributed by atoms with Crippen LogP contribution >= 0.6 is 0 Å². The number of anilines is 2. The lowest BCUT2D eigenvalue weighted by molar-refractivity contribution is 0.0993. The van der Waals surface area contributed by atoms with Gasteiger partial charge >= 0.3 is 0 Å². The van der Waals surface area contributed by atoms with Crippen molar-refractivity contribution < 1.29 is 14.3 Å². The molecule has 2 amide bonds. The van der Waals surface area contributed by atoms with Crippen molar-refractivity contribution in [3.63, 3.8) is 0 Å². The van der Waals surface area contributed by atoms with Gasteiger partial charge in [-0.1, -0.05) is 30.3 Å². The molecule has 0 aliphatic rings. The third-order valence-electron chi connectivity index (χ3n) is 4.04. The van der Waals surface area contributed by atoms with Gasteiger partial charge in [0.2, 0.25) is 0 Å². The minimum absolute atomic E-state index is 0.146. The number of carbonyl (C=O) groups is 2. The lowest BCUT2D eigenvalue weighted by atomic mass is 10.2. The molecule has 6 nitrogen and oxygen atoms in total. The molecule has 0 aliphatic carbocycles. The standard InChI is InChI=1S/C21H19N3O3/c1-24(16-8-4-3-5-9-16)21(26)15-12-13-22-18(14-15)20(25)23-17-10-6-7-11-19(17)27-2/h3-14H,1-2H3,(H,23,25). The molecule has 0 fully saturated rings. The molecule has 3 rings (SSSR count). The van der Waals surface area contributed by atoms with Gasteiger partial charge < -0.3 is 15.0 Å². The third-order valence-corrected chi connectivity index (χ3v) is 4.04. The molecule has 136 valence electrons. The number of pyridine rings is 1. The number of carbonyl (C=O) groups excluding carboxylic acids is 2. The first-order chi connectivity index (χ1) is 13.1. The first-order valence-electron chi connectivity index (χ1n) is 8.33. The average Bonchev–Trinajstić information content (AvgIpc) is 2.73. The normalized spacial score (nSPS) is 10.1. The van der Waals surface area contributed by atoms with Gasteiger partial charge in [0.15, 0.2) is 0 Å². The third kappa shape index (κ3) is 4.12. The van der Waals surface area contributed by atoms with Crippen LogP contribution in [0.3, 0.4) is 0 Å². The fraction of sp³-hybridized carbons (Fsp3) is 0.0952. The zero-order valence-corrected chi connectivity index (χ0v) is 15.0. The predicted molar refractivity (Wildman–Crippen MR) is 104 cm³/mol. The summed E-state index contributed by atoms with van der Waals surface area (Å²) in [6, 6.07) is 19.4. The van der Waals surface area contributed by atoms with Crippen LogP contribution in [0.1, 0.15) is 20.8 Å². The average molecular weight is 361 g/mol. The summed E-state index contributed by atoms with van der Waals surface area (Å²) in [5.41, 5.74) is 1.82. The maximum atomic E-state index is 12.7. The highest BCUT2D eigenvalue weighted by atomic mass is 16.5. The van der Waals surface area contributed by atoms with Crippen molar-refractivity contribution in [1.82, 2.24) is 4.98 Å². The summed E-state index contributed by atoms with van der Waals surface area (Å²) in [6.07, 6.45) is 1.45. The topological polar surface area (TPSA) is 71.5 Å². The van der Waals surface area contributed by atoms with Gasteiger partial charge in [0.25, 0.3) is 11.8 Å². The van der Waals surface area contributed by atoms with E-state index in [1.54, 1.807) is 31.3 Å². The summed E-state index contributed by atoms with van der Waals surface area (Å²) < 4.78 is 5.23. The summed E-state index contributed by atoms with van der Waals surface area (Å²) in [5, 5.41) is 2.75. The summed E-state index contributed by atoms with van der Waals surface area (Å²) in [6.45, 7) is 0. The molecular formula is C21H19N3O3. The fourth-order valence-electron chi connectivity index (χ4n) is 2.58. The molecule has 2 aromatic carbocycles. The molecule has 0 aliphatic heterocycles. The summed E-state index contributed by atoms with van der Waals surface area (Å²) in [4.78, 5) is 30.9. The van der Waals surface area contributed by atoms with Crippen LogP contribution in [0.15, 0.2) is 72.9 Å². The molecule has 0 spiro atoms. The quantitative estimate of drug-likeness (QED) is 0.753. The number of benzene rings is 2. The number of rotatable bonds is 5. The highest BCUT2D eigenvalue weighted by Crippen LogP contribution is 2.23. The number of hydrogen-bond acceptors (Lipinski definition) is 4. The summed E-state index contributed by atoms with van der Waals surface area (Å²) in [5.74, 6) is -0.103. The smallest absolute Gasteiger partial charge is 0.274 e. The van der Waals surface area contributed by atoms with E-state index in [0.717, 1.165) is 5.69 Å². The Morgan fingerprint density at radius 3 is 2.44 bits per heavy atom. The Hall–Kier alpha value is -3.67. The van der Waals surface area contributed by atoms with E-state index in [0.29, 0.717) is 17.0 Å². The SMILES string of the molecule is COc1ccccc1NC(=O)c1cc(C(=O)N(C)c2ccccc2)ccn1. The van der Waals surface area contributed by atoms with Crippen LogP contribution in [0.25, 0.3) is 0 Å². The first kappa shape index (κ1) is 18.1. The van der Waals surface area contributed by atoms with Crippen molar-refractivity contribution in [1.29, 1.82) is 0 Å². The van der Waals surface area contributed by atoms with Crippen LogP contribution in [0.2, 0.25) is 0 Å². The molecule has 1 N–H and O–H groups in total. The van der Waals surface area contributed by atoms with E-state index in [-0.39, 0.29) is 11.6 Å². The molecular weight excluding hydrogens is 342 g/mol. The zero-order valence-electron chi connectivity index (χ0n) is 15.0. The second kappa shape index (κ2) is 8.14. The maximum Gasteiger partial charge on any atom is 0.274 e. The van der Waals surface area contributed by atoms with E-state index in [1.807, 2.05) is 36.4 Å². The van der Waals surface area contributed by atoms with E-state index in [4.69, 9.17) is 4.74 Å². The van der Waals surface area contributed by atoms with Gasteiger partial charge in [0.05, 0.1) is 12.8 Å². The number of nitrogens with one attached hydrogen (secondary N) is 1. The fourth-order valence-corrected chi connectivity index (χ4v) is 2.58. The number of hydrogen-bond donors (Lipinski definition) is 1. The van der Waals surface area contributed by atoms with Crippen LogP contribution in [-0.2, 0) is 0 Å². The minimum Gasteiger partial charge on any atom is -0.495 e. The molecule has 3 aromatic rings. The lowest BCUT2D eigenvalue weighted by Crippen LogP contribution is -2.26. The summed E-state index contributed by atoms with van der Waals surface area (Å²) in [7, 11) is 3.22. The maximum absolute atomic E-state index is 12.7. The van der Waals surface area contributed by atoms with E-state index >= 15 is 0 Å². The molecule has 0 saturated heterocycles. The van der Waals surface area contributed by atoms with Crippen molar-refractivity contribution in [3.8, 4) is 5.75 Å². The highest BCUT2D eigenvalue weighted by molar-refractivity contribution is 6.08. The molecule has 0 atom stereocenters. The Bertz CT molecular complexity index is 958. The van der Waals surface area contributed by atoms with Gasteiger partial charge in [-0.25, -0.2) is 0 Å². The number of para-hydroxylation sites is 3. The van der Waals surface area contributed by atoms with Crippen LogP contribution < -0.4 is 15.0 Å². The summed E-state index contributed by atoms with van der Waals surface area (Å²) >= 11 is 0. The van der Waals surface area contributed by atoms with Crippen LogP contribution in [-0.4, -0.2) is 31.0 Å². The largest absolute Gasteiger partial charge is 0.495 e. The second-order valence-corrected chi connectivity index (χ2v) is 5.78.